The second-order valence-electron chi connectivity index (χ2n) is 5.37. The zero-order valence-corrected chi connectivity index (χ0v) is 12.7. The van der Waals surface area contributed by atoms with Crippen LogP contribution < -0.4 is 0 Å². The summed E-state index contributed by atoms with van der Waals surface area (Å²) in [6.07, 6.45) is 8.97. The molecule has 5 heteroatoms. The van der Waals surface area contributed by atoms with Crippen LogP contribution in [0.1, 0.15) is 26.0 Å². The quantitative estimate of drug-likeness (QED) is 0.684. The van der Waals surface area contributed by atoms with Gasteiger partial charge in [0.1, 0.15) is 0 Å². The molecule has 5 nitrogen and oxygen atoms in total. The summed E-state index contributed by atoms with van der Waals surface area (Å²) < 4.78 is 17.2. The van der Waals surface area contributed by atoms with E-state index in [1.165, 1.54) is 6.39 Å². The average Bonchev–Trinajstić information content (AvgIpc) is 3.21. The highest BCUT2D eigenvalue weighted by atomic mass is 16.7. The summed E-state index contributed by atoms with van der Waals surface area (Å²) in [6.45, 7) is 4.54. The number of hydrogen-bond acceptors (Lipinski definition) is 5. The third kappa shape index (κ3) is 2.30. The van der Waals surface area contributed by atoms with Gasteiger partial charge in [-0.25, -0.2) is 4.98 Å². The van der Waals surface area contributed by atoms with Gasteiger partial charge in [0.25, 0.3) is 0 Å². The molecule has 0 aromatic carbocycles. The molecular formula is C17H19NO4. The summed E-state index contributed by atoms with van der Waals surface area (Å²) >= 11 is 0. The van der Waals surface area contributed by atoms with Crippen LogP contribution in [0.4, 0.5) is 0 Å². The van der Waals surface area contributed by atoms with Gasteiger partial charge in [0, 0.05) is 12.0 Å². The first-order chi connectivity index (χ1) is 10.7. The van der Waals surface area contributed by atoms with E-state index in [1.54, 1.807) is 25.3 Å². The zero-order valence-electron chi connectivity index (χ0n) is 12.7. The molecule has 0 radical (unpaired) electrons. The van der Waals surface area contributed by atoms with Crippen LogP contribution in [0.3, 0.4) is 0 Å². The fraction of sp³-hybridized carbons (Fsp3) is 0.471. The molecular weight excluding hydrogens is 282 g/mol. The van der Waals surface area contributed by atoms with Gasteiger partial charge in [0.05, 0.1) is 25.3 Å². The smallest absolute Gasteiger partial charge is 0.182 e. The maximum Gasteiger partial charge on any atom is 0.182 e. The molecule has 0 bridgehead atoms. The lowest BCUT2D eigenvalue weighted by molar-refractivity contribution is -0.196. The standard InChI is InChI=1S/C17H19NO4/c1-3-6-16(19,7-4-2)15-13(14-11-18-12-20-14)5-8-17(15)21-9-10-22-17/h3,5-6,11-12,15,19H,8-10H2,1-2H3/b6-3-/t15-,16-/m1/s1. The zero-order chi connectivity index (χ0) is 15.6. The maximum absolute atomic E-state index is 11.2. The van der Waals surface area contributed by atoms with Crippen LogP contribution >= 0.6 is 0 Å². The fourth-order valence-corrected chi connectivity index (χ4v) is 3.32. The Morgan fingerprint density at radius 3 is 2.82 bits per heavy atom. The molecule has 1 saturated heterocycles. The van der Waals surface area contributed by atoms with E-state index in [1.807, 2.05) is 13.0 Å². The molecule has 0 saturated carbocycles. The van der Waals surface area contributed by atoms with Gasteiger partial charge < -0.3 is 19.0 Å². The third-order valence-electron chi connectivity index (χ3n) is 4.04. The molecule has 1 aromatic rings. The van der Waals surface area contributed by atoms with E-state index in [0.29, 0.717) is 25.4 Å². The van der Waals surface area contributed by atoms with Gasteiger partial charge in [-0.15, -0.1) is 5.92 Å². The highest BCUT2D eigenvalue weighted by Crippen LogP contribution is 2.51. The Hall–Kier alpha value is -1.87. The predicted molar refractivity (Wildman–Crippen MR) is 80.4 cm³/mol. The molecule has 1 fully saturated rings. The number of nitrogens with zero attached hydrogens (tertiary/aromatic N) is 1. The van der Waals surface area contributed by atoms with E-state index < -0.39 is 17.3 Å². The second-order valence-corrected chi connectivity index (χ2v) is 5.37. The van der Waals surface area contributed by atoms with E-state index in [4.69, 9.17) is 13.9 Å². The summed E-state index contributed by atoms with van der Waals surface area (Å²) in [4.78, 5) is 3.97. The first-order valence-corrected chi connectivity index (χ1v) is 7.32. The van der Waals surface area contributed by atoms with E-state index >= 15 is 0 Å². The van der Waals surface area contributed by atoms with Gasteiger partial charge in [-0.05, 0) is 19.9 Å². The molecule has 1 aliphatic carbocycles. The number of aliphatic hydroxyl groups is 1. The molecule has 1 spiro atoms. The van der Waals surface area contributed by atoms with Crippen molar-refractivity contribution in [2.24, 2.45) is 5.92 Å². The summed E-state index contributed by atoms with van der Waals surface area (Å²) in [6, 6.07) is 0. The van der Waals surface area contributed by atoms with Crippen LogP contribution in [0.25, 0.3) is 5.57 Å². The molecule has 0 amide bonds. The lowest BCUT2D eigenvalue weighted by Gasteiger charge is -2.38. The van der Waals surface area contributed by atoms with E-state index in [2.05, 4.69) is 16.8 Å². The Bertz CT molecular complexity index is 644. The molecule has 1 N–H and O–H groups in total. The van der Waals surface area contributed by atoms with Crippen molar-refractivity contribution < 1.29 is 19.0 Å². The number of hydrogen-bond donors (Lipinski definition) is 1. The van der Waals surface area contributed by atoms with Gasteiger partial charge in [0.15, 0.2) is 23.5 Å². The number of rotatable bonds is 3. The lowest BCUT2D eigenvalue weighted by Crippen LogP contribution is -2.49. The fourth-order valence-electron chi connectivity index (χ4n) is 3.32. The van der Waals surface area contributed by atoms with Crippen molar-refractivity contribution in [1.29, 1.82) is 0 Å². The van der Waals surface area contributed by atoms with Crippen LogP contribution in [0.2, 0.25) is 0 Å². The Morgan fingerprint density at radius 1 is 1.45 bits per heavy atom. The summed E-state index contributed by atoms with van der Waals surface area (Å²) in [5.74, 6) is 4.90. The number of allylic oxidation sites excluding steroid dienone is 1. The largest absolute Gasteiger partial charge is 0.444 e. The Balaban J connectivity index is 2.10. The molecule has 2 atom stereocenters. The number of ether oxygens (including phenoxy) is 2. The average molecular weight is 301 g/mol. The van der Waals surface area contributed by atoms with E-state index in [0.717, 1.165) is 5.57 Å². The van der Waals surface area contributed by atoms with Gasteiger partial charge in [-0.2, -0.15) is 0 Å². The molecule has 22 heavy (non-hydrogen) atoms. The highest BCUT2D eigenvalue weighted by molar-refractivity contribution is 5.69. The van der Waals surface area contributed by atoms with Crippen molar-refractivity contribution >= 4 is 5.57 Å². The minimum absolute atomic E-state index is 0.500. The van der Waals surface area contributed by atoms with Crippen LogP contribution in [0.5, 0.6) is 0 Å². The molecule has 1 aliphatic heterocycles. The monoisotopic (exact) mass is 301 g/mol. The van der Waals surface area contributed by atoms with Gasteiger partial charge in [-0.1, -0.05) is 18.1 Å². The van der Waals surface area contributed by atoms with Gasteiger partial charge >= 0.3 is 0 Å². The van der Waals surface area contributed by atoms with Crippen LogP contribution in [-0.2, 0) is 9.47 Å². The van der Waals surface area contributed by atoms with Crippen molar-refractivity contribution in [3.63, 3.8) is 0 Å². The highest BCUT2D eigenvalue weighted by Gasteiger charge is 2.57. The molecule has 2 aliphatic rings. The molecule has 1 aromatic heterocycles. The first kappa shape index (κ1) is 15.0. The summed E-state index contributed by atoms with van der Waals surface area (Å²) in [5, 5.41) is 11.2. The van der Waals surface area contributed by atoms with Gasteiger partial charge in [0.2, 0.25) is 0 Å². The summed E-state index contributed by atoms with van der Waals surface area (Å²) in [5.41, 5.74) is -0.592. The Kier molecular flexibility index (Phi) is 3.92. The number of oxazole rings is 1. The van der Waals surface area contributed by atoms with Crippen molar-refractivity contribution in [2.75, 3.05) is 13.2 Å². The molecule has 116 valence electrons. The van der Waals surface area contributed by atoms with Crippen LogP contribution in [-0.4, -0.2) is 34.7 Å². The molecule has 0 unspecified atom stereocenters. The summed E-state index contributed by atoms with van der Waals surface area (Å²) in [7, 11) is 0. The third-order valence-corrected chi connectivity index (χ3v) is 4.04. The lowest BCUT2D eigenvalue weighted by atomic mass is 9.78. The van der Waals surface area contributed by atoms with Crippen molar-refractivity contribution in [3.8, 4) is 11.8 Å². The van der Waals surface area contributed by atoms with Crippen LogP contribution in [0, 0.1) is 17.8 Å². The van der Waals surface area contributed by atoms with E-state index in [9.17, 15) is 5.11 Å². The van der Waals surface area contributed by atoms with Crippen LogP contribution in [0.15, 0.2) is 35.2 Å². The Labute approximate surface area is 129 Å². The SMILES string of the molecule is CC#C[C@](O)(/C=C\C)[C@H]1C(c2cnco2)=CCC12OCCO2. The Morgan fingerprint density at radius 2 is 2.23 bits per heavy atom. The first-order valence-electron chi connectivity index (χ1n) is 7.32. The normalized spacial score (nSPS) is 26.0. The topological polar surface area (TPSA) is 64.7 Å². The maximum atomic E-state index is 11.2. The minimum atomic E-state index is -1.40. The van der Waals surface area contributed by atoms with E-state index in [-0.39, 0.29) is 0 Å². The number of aromatic nitrogens is 1. The van der Waals surface area contributed by atoms with Crippen molar-refractivity contribution in [3.05, 3.63) is 36.6 Å². The minimum Gasteiger partial charge on any atom is -0.444 e. The second kappa shape index (κ2) is 5.73. The van der Waals surface area contributed by atoms with Crippen molar-refractivity contribution in [1.82, 2.24) is 4.98 Å². The predicted octanol–water partition coefficient (Wildman–Crippen LogP) is 2.15. The van der Waals surface area contributed by atoms with Crippen molar-refractivity contribution in [2.45, 2.75) is 31.7 Å². The van der Waals surface area contributed by atoms with Gasteiger partial charge in [-0.3, -0.25) is 0 Å². The molecule has 3 rings (SSSR count). The molecule has 2 heterocycles.